The van der Waals surface area contributed by atoms with Crippen molar-refractivity contribution in [1.82, 2.24) is 5.32 Å². The average molecular weight is 365 g/mol. The van der Waals surface area contributed by atoms with Crippen molar-refractivity contribution < 1.29 is 18.4 Å². The van der Waals surface area contributed by atoms with E-state index in [-0.39, 0.29) is 30.5 Å². The van der Waals surface area contributed by atoms with Crippen molar-refractivity contribution in [2.24, 2.45) is 5.92 Å². The zero-order valence-corrected chi connectivity index (χ0v) is 13.9. The number of carbonyl (C=O) groups is 2. The van der Waals surface area contributed by atoms with E-state index < -0.39 is 17.6 Å². The van der Waals surface area contributed by atoms with Gasteiger partial charge in [-0.3, -0.25) is 9.59 Å². The van der Waals surface area contributed by atoms with Crippen LogP contribution < -0.4 is 10.2 Å². The summed E-state index contributed by atoms with van der Waals surface area (Å²) in [5.74, 6) is -3.09. The topological polar surface area (TPSA) is 49.4 Å². The molecule has 0 aromatic heterocycles. The zero-order chi connectivity index (χ0) is 18.0. The Labute approximate surface area is 148 Å². The Balaban J connectivity index is 1.62. The van der Waals surface area contributed by atoms with Crippen molar-refractivity contribution in [1.29, 1.82) is 0 Å². The van der Waals surface area contributed by atoms with E-state index in [2.05, 4.69) is 5.32 Å². The molecular weight excluding hydrogens is 350 g/mol. The van der Waals surface area contributed by atoms with Gasteiger partial charge in [0.05, 0.1) is 5.92 Å². The Morgan fingerprint density at radius 2 is 1.88 bits per heavy atom. The van der Waals surface area contributed by atoms with Crippen LogP contribution in [0.25, 0.3) is 0 Å². The maximum Gasteiger partial charge on any atom is 0.227 e. The monoisotopic (exact) mass is 364 g/mol. The molecule has 1 unspecified atom stereocenters. The molecule has 1 aliphatic rings. The molecule has 0 spiro atoms. The van der Waals surface area contributed by atoms with E-state index >= 15 is 0 Å². The number of rotatable bonds is 4. The van der Waals surface area contributed by atoms with Crippen molar-refractivity contribution in [3.05, 3.63) is 64.7 Å². The van der Waals surface area contributed by atoms with Crippen LogP contribution in [0.3, 0.4) is 0 Å². The Bertz CT molecular complexity index is 811. The summed E-state index contributed by atoms with van der Waals surface area (Å²) in [4.78, 5) is 25.7. The third-order valence-corrected chi connectivity index (χ3v) is 4.34. The predicted molar refractivity (Wildman–Crippen MR) is 90.1 cm³/mol. The maximum absolute atomic E-state index is 13.4. The fourth-order valence-corrected chi connectivity index (χ4v) is 2.85. The van der Waals surface area contributed by atoms with Crippen LogP contribution in [-0.2, 0) is 16.1 Å². The van der Waals surface area contributed by atoms with Gasteiger partial charge in [-0.1, -0.05) is 23.7 Å². The minimum Gasteiger partial charge on any atom is -0.352 e. The zero-order valence-electron chi connectivity index (χ0n) is 13.1. The van der Waals surface area contributed by atoms with Gasteiger partial charge in [0.25, 0.3) is 0 Å². The number of amides is 2. The number of anilines is 1. The van der Waals surface area contributed by atoms with Crippen molar-refractivity contribution in [3.63, 3.8) is 0 Å². The standard InChI is InChI=1S/C18H15ClF2N2O2/c19-13-3-1-11(2-4-13)9-22-18(25)12-7-17(24)23(10-12)14-5-6-15(20)16(21)8-14/h1-6,8,12H,7,9-10H2,(H,22,25). The van der Waals surface area contributed by atoms with Crippen LogP contribution in [-0.4, -0.2) is 18.4 Å². The first kappa shape index (κ1) is 17.4. The molecule has 2 aromatic rings. The fourth-order valence-electron chi connectivity index (χ4n) is 2.72. The summed E-state index contributed by atoms with van der Waals surface area (Å²) in [6, 6.07) is 10.3. The quantitative estimate of drug-likeness (QED) is 0.905. The molecule has 1 heterocycles. The third kappa shape index (κ3) is 3.96. The van der Waals surface area contributed by atoms with Gasteiger partial charge in [0.1, 0.15) is 0 Å². The lowest BCUT2D eigenvalue weighted by Crippen LogP contribution is -2.32. The molecule has 0 saturated carbocycles. The van der Waals surface area contributed by atoms with Crippen LogP contribution >= 0.6 is 11.6 Å². The molecule has 1 atom stereocenters. The smallest absolute Gasteiger partial charge is 0.227 e. The molecule has 1 N–H and O–H groups in total. The summed E-state index contributed by atoms with van der Waals surface area (Å²) in [5, 5.41) is 3.39. The lowest BCUT2D eigenvalue weighted by molar-refractivity contribution is -0.126. The molecule has 0 bridgehead atoms. The van der Waals surface area contributed by atoms with E-state index in [0.29, 0.717) is 11.6 Å². The summed E-state index contributed by atoms with van der Waals surface area (Å²) in [6.45, 7) is 0.461. The number of halogens is 3. The second-order valence-corrected chi connectivity index (χ2v) is 6.28. The molecule has 4 nitrogen and oxygen atoms in total. The normalized spacial score (nSPS) is 17.0. The minimum absolute atomic E-state index is 0.0332. The van der Waals surface area contributed by atoms with Gasteiger partial charge in [-0.2, -0.15) is 0 Å². The van der Waals surface area contributed by atoms with Gasteiger partial charge in [0.15, 0.2) is 11.6 Å². The molecule has 1 fully saturated rings. The van der Waals surface area contributed by atoms with Gasteiger partial charge < -0.3 is 10.2 Å². The fraction of sp³-hybridized carbons (Fsp3) is 0.222. The maximum atomic E-state index is 13.4. The van der Waals surface area contributed by atoms with E-state index in [1.807, 2.05) is 0 Å². The highest BCUT2D eigenvalue weighted by atomic mass is 35.5. The summed E-state index contributed by atoms with van der Waals surface area (Å²) in [5.41, 5.74) is 1.14. The number of carbonyl (C=O) groups excluding carboxylic acids is 2. The summed E-state index contributed by atoms with van der Waals surface area (Å²) >= 11 is 5.81. The van der Waals surface area contributed by atoms with Crippen molar-refractivity contribution in [2.45, 2.75) is 13.0 Å². The van der Waals surface area contributed by atoms with E-state index in [4.69, 9.17) is 11.6 Å². The number of benzene rings is 2. The van der Waals surface area contributed by atoms with Gasteiger partial charge >= 0.3 is 0 Å². The molecule has 3 rings (SSSR count). The molecule has 7 heteroatoms. The Morgan fingerprint density at radius 1 is 1.16 bits per heavy atom. The van der Waals surface area contributed by atoms with Crippen LogP contribution in [0.2, 0.25) is 5.02 Å². The number of nitrogens with one attached hydrogen (secondary N) is 1. The van der Waals surface area contributed by atoms with E-state index in [1.54, 1.807) is 24.3 Å². The van der Waals surface area contributed by atoms with Crippen LogP contribution in [0.15, 0.2) is 42.5 Å². The molecule has 0 radical (unpaired) electrons. The summed E-state index contributed by atoms with van der Waals surface area (Å²) in [6.07, 6.45) is 0.0332. The SMILES string of the molecule is O=C(NCc1ccc(Cl)cc1)C1CC(=O)N(c2ccc(F)c(F)c2)C1. The summed E-state index contributed by atoms with van der Waals surface area (Å²) in [7, 11) is 0. The van der Waals surface area contributed by atoms with Crippen LogP contribution in [0, 0.1) is 17.6 Å². The minimum atomic E-state index is -1.03. The molecule has 1 saturated heterocycles. The van der Waals surface area contributed by atoms with Crippen LogP contribution in [0.4, 0.5) is 14.5 Å². The van der Waals surface area contributed by atoms with Crippen LogP contribution in [0.5, 0.6) is 0 Å². The van der Waals surface area contributed by atoms with Crippen molar-refractivity contribution in [3.8, 4) is 0 Å². The van der Waals surface area contributed by atoms with Gasteiger partial charge in [-0.05, 0) is 29.8 Å². The van der Waals surface area contributed by atoms with Gasteiger partial charge in [0.2, 0.25) is 11.8 Å². The first-order chi connectivity index (χ1) is 11.9. The second kappa shape index (κ2) is 7.19. The second-order valence-electron chi connectivity index (χ2n) is 5.85. The number of hydrogen-bond donors (Lipinski definition) is 1. The van der Waals surface area contributed by atoms with Gasteiger partial charge in [-0.25, -0.2) is 8.78 Å². The highest BCUT2D eigenvalue weighted by Gasteiger charge is 2.35. The molecular formula is C18H15ClF2N2O2. The number of nitrogens with zero attached hydrogens (tertiary/aromatic N) is 1. The lowest BCUT2D eigenvalue weighted by Gasteiger charge is -2.17. The first-order valence-corrected chi connectivity index (χ1v) is 8.09. The summed E-state index contributed by atoms with van der Waals surface area (Å²) < 4.78 is 26.4. The molecule has 2 aromatic carbocycles. The van der Waals surface area contributed by atoms with Crippen molar-refractivity contribution >= 4 is 29.1 Å². The highest BCUT2D eigenvalue weighted by Crippen LogP contribution is 2.26. The molecule has 25 heavy (non-hydrogen) atoms. The van der Waals surface area contributed by atoms with Gasteiger partial charge in [-0.15, -0.1) is 0 Å². The Kier molecular flexibility index (Phi) is 4.99. The first-order valence-electron chi connectivity index (χ1n) is 7.71. The Hall–Kier alpha value is -2.47. The van der Waals surface area contributed by atoms with E-state index in [0.717, 1.165) is 17.7 Å². The largest absolute Gasteiger partial charge is 0.352 e. The highest BCUT2D eigenvalue weighted by molar-refractivity contribution is 6.30. The average Bonchev–Trinajstić information content (AvgIpc) is 2.98. The molecule has 130 valence electrons. The Morgan fingerprint density at radius 3 is 2.56 bits per heavy atom. The van der Waals surface area contributed by atoms with Gasteiger partial charge in [0, 0.05) is 36.3 Å². The van der Waals surface area contributed by atoms with Crippen LogP contribution in [0.1, 0.15) is 12.0 Å². The lowest BCUT2D eigenvalue weighted by atomic mass is 10.1. The molecule has 0 aliphatic carbocycles. The third-order valence-electron chi connectivity index (χ3n) is 4.09. The van der Waals surface area contributed by atoms with E-state index in [1.165, 1.54) is 11.0 Å². The van der Waals surface area contributed by atoms with E-state index in [9.17, 15) is 18.4 Å². The molecule has 1 aliphatic heterocycles. The van der Waals surface area contributed by atoms with Crippen molar-refractivity contribution in [2.75, 3.05) is 11.4 Å². The molecule has 2 amide bonds. The predicted octanol–water partition coefficient (Wildman–Crippen LogP) is 3.29. The number of hydrogen-bond acceptors (Lipinski definition) is 2.